The van der Waals surface area contributed by atoms with Crippen molar-refractivity contribution in [2.75, 3.05) is 32.8 Å². The molecular weight excluding hydrogens is 380 g/mol. The molecule has 1 unspecified atom stereocenters. The zero-order valence-corrected chi connectivity index (χ0v) is 17.4. The van der Waals surface area contributed by atoms with Gasteiger partial charge in [-0.05, 0) is 70.0 Å². The molecule has 1 N–H and O–H groups in total. The van der Waals surface area contributed by atoms with Crippen LogP contribution in [0.3, 0.4) is 0 Å². The van der Waals surface area contributed by atoms with Gasteiger partial charge in [0, 0.05) is 32.2 Å². The molecular formula is C21H31ClN2O4. The zero-order valence-electron chi connectivity index (χ0n) is 16.6. The molecule has 0 aromatic carbocycles. The van der Waals surface area contributed by atoms with Gasteiger partial charge in [-0.15, -0.1) is 12.4 Å². The van der Waals surface area contributed by atoms with Gasteiger partial charge < -0.3 is 19.4 Å². The van der Waals surface area contributed by atoms with Crippen molar-refractivity contribution >= 4 is 18.3 Å². The smallest absolute Gasteiger partial charge is 0.349 e. The first kappa shape index (κ1) is 21.3. The molecule has 1 aromatic rings. The Morgan fingerprint density at radius 3 is 2.61 bits per heavy atom. The number of hydrogen-bond donors (Lipinski definition) is 1. The number of nitrogens with one attached hydrogen (secondary N) is 1. The minimum atomic E-state index is -0.491. The molecule has 4 rings (SSSR count). The summed E-state index contributed by atoms with van der Waals surface area (Å²) in [7, 11) is 0. The van der Waals surface area contributed by atoms with Crippen LogP contribution in [0.15, 0.2) is 15.3 Å². The number of amides is 1. The summed E-state index contributed by atoms with van der Waals surface area (Å²) in [6.07, 6.45) is 7.22. The number of likely N-dealkylation sites (tertiary alicyclic amines) is 1. The van der Waals surface area contributed by atoms with Crippen LogP contribution in [0.4, 0.5) is 0 Å². The van der Waals surface area contributed by atoms with Gasteiger partial charge in [-0.3, -0.25) is 4.79 Å². The fourth-order valence-corrected chi connectivity index (χ4v) is 4.77. The van der Waals surface area contributed by atoms with Crippen LogP contribution >= 0.6 is 12.4 Å². The number of rotatable bonds is 2. The first-order valence-corrected chi connectivity index (χ1v) is 10.4. The van der Waals surface area contributed by atoms with Crippen LogP contribution < -0.4 is 10.9 Å². The van der Waals surface area contributed by atoms with Gasteiger partial charge in [0.05, 0.1) is 5.60 Å². The molecule has 6 nitrogen and oxygen atoms in total. The Morgan fingerprint density at radius 2 is 2.00 bits per heavy atom. The standard InChI is InChI=1S/C21H30N2O4.ClH/c1-15-13-17(16-5-4-9-22-14-16)27-20(25)18(15)19(24)23-10-7-21(8-11-23)6-2-3-12-26-21;/h13,16,22H,2-12,14H2,1H3;1H. The number of carbonyl (C=O) groups excluding carboxylic acids is 1. The molecule has 3 saturated heterocycles. The number of nitrogens with zero attached hydrogens (tertiary/aromatic N) is 1. The average Bonchev–Trinajstić information content (AvgIpc) is 2.69. The highest BCUT2D eigenvalue weighted by Gasteiger charge is 2.38. The van der Waals surface area contributed by atoms with Gasteiger partial charge in [0.25, 0.3) is 5.91 Å². The van der Waals surface area contributed by atoms with E-state index in [4.69, 9.17) is 9.15 Å². The monoisotopic (exact) mass is 410 g/mol. The predicted octanol–water partition coefficient (Wildman–Crippen LogP) is 3.01. The van der Waals surface area contributed by atoms with E-state index in [0.717, 1.165) is 63.8 Å². The fourth-order valence-electron chi connectivity index (χ4n) is 4.77. The van der Waals surface area contributed by atoms with Crippen molar-refractivity contribution in [3.8, 4) is 0 Å². The van der Waals surface area contributed by atoms with Crippen molar-refractivity contribution in [3.63, 3.8) is 0 Å². The summed E-state index contributed by atoms with van der Waals surface area (Å²) in [6, 6.07) is 1.89. The maximum atomic E-state index is 13.0. The van der Waals surface area contributed by atoms with Crippen LogP contribution in [0, 0.1) is 6.92 Å². The summed E-state index contributed by atoms with van der Waals surface area (Å²) < 4.78 is 11.6. The van der Waals surface area contributed by atoms with E-state index >= 15 is 0 Å². The zero-order chi connectivity index (χ0) is 18.9. The normalized spacial score (nSPS) is 24.6. The number of halogens is 1. The second-order valence-corrected chi connectivity index (χ2v) is 8.32. The number of aryl methyl sites for hydroxylation is 1. The average molecular weight is 411 g/mol. The van der Waals surface area contributed by atoms with Gasteiger partial charge in [0.2, 0.25) is 0 Å². The largest absolute Gasteiger partial charge is 0.427 e. The lowest BCUT2D eigenvalue weighted by molar-refractivity contribution is -0.107. The van der Waals surface area contributed by atoms with E-state index in [1.165, 1.54) is 6.42 Å². The molecule has 1 amide bonds. The van der Waals surface area contributed by atoms with Gasteiger partial charge in [-0.25, -0.2) is 4.79 Å². The highest BCUT2D eigenvalue weighted by molar-refractivity contribution is 5.95. The summed E-state index contributed by atoms with van der Waals surface area (Å²) in [5.74, 6) is 0.724. The SMILES string of the molecule is Cc1cc(C2CCCNC2)oc(=O)c1C(=O)N1CCC2(CCCCO2)CC1.Cl. The highest BCUT2D eigenvalue weighted by Crippen LogP contribution is 2.35. The lowest BCUT2D eigenvalue weighted by Crippen LogP contribution is -2.50. The van der Waals surface area contributed by atoms with Crippen molar-refractivity contribution in [1.82, 2.24) is 10.2 Å². The summed E-state index contributed by atoms with van der Waals surface area (Å²) >= 11 is 0. The predicted molar refractivity (Wildman–Crippen MR) is 109 cm³/mol. The van der Waals surface area contributed by atoms with E-state index in [9.17, 15) is 9.59 Å². The second-order valence-electron chi connectivity index (χ2n) is 8.32. The lowest BCUT2D eigenvalue weighted by atomic mass is 9.84. The van der Waals surface area contributed by atoms with Gasteiger partial charge in [-0.2, -0.15) is 0 Å². The Kier molecular flexibility index (Phi) is 6.84. The first-order chi connectivity index (χ1) is 13.1. The van der Waals surface area contributed by atoms with E-state index in [1.54, 1.807) is 4.90 Å². The van der Waals surface area contributed by atoms with Crippen molar-refractivity contribution in [2.45, 2.75) is 63.4 Å². The van der Waals surface area contributed by atoms with E-state index in [2.05, 4.69) is 5.32 Å². The molecule has 156 valence electrons. The molecule has 0 radical (unpaired) electrons. The first-order valence-electron chi connectivity index (χ1n) is 10.4. The third-order valence-corrected chi connectivity index (χ3v) is 6.48. The third-order valence-electron chi connectivity index (χ3n) is 6.48. The molecule has 1 atom stereocenters. The molecule has 0 aliphatic carbocycles. The summed E-state index contributed by atoms with van der Waals surface area (Å²) in [5, 5.41) is 3.34. The minimum absolute atomic E-state index is 0. The molecule has 0 bridgehead atoms. The molecule has 4 heterocycles. The number of hydrogen-bond acceptors (Lipinski definition) is 5. The molecule has 3 aliphatic rings. The Hall–Kier alpha value is -1.37. The van der Waals surface area contributed by atoms with Crippen LogP contribution in [0.1, 0.15) is 72.5 Å². The van der Waals surface area contributed by atoms with Crippen LogP contribution in [0.2, 0.25) is 0 Å². The van der Waals surface area contributed by atoms with Crippen molar-refractivity contribution in [3.05, 3.63) is 33.4 Å². The summed E-state index contributed by atoms with van der Waals surface area (Å²) in [4.78, 5) is 27.4. The molecule has 28 heavy (non-hydrogen) atoms. The van der Waals surface area contributed by atoms with Gasteiger partial charge in [0.15, 0.2) is 0 Å². The molecule has 3 fully saturated rings. The van der Waals surface area contributed by atoms with E-state index in [-0.39, 0.29) is 35.4 Å². The number of ether oxygens (including phenoxy) is 1. The number of carbonyl (C=O) groups is 1. The Morgan fingerprint density at radius 1 is 1.21 bits per heavy atom. The fraction of sp³-hybridized carbons (Fsp3) is 0.714. The number of piperidine rings is 2. The summed E-state index contributed by atoms with van der Waals surface area (Å²) in [6.45, 7) is 5.80. The quantitative estimate of drug-likeness (QED) is 0.811. The maximum Gasteiger partial charge on any atom is 0.349 e. The third kappa shape index (κ3) is 4.29. The second kappa shape index (κ2) is 8.97. The Balaban J connectivity index is 0.00000225. The highest BCUT2D eigenvalue weighted by atomic mass is 35.5. The van der Waals surface area contributed by atoms with Crippen LogP contribution in [0.25, 0.3) is 0 Å². The molecule has 1 aromatic heterocycles. The van der Waals surface area contributed by atoms with Gasteiger partial charge >= 0.3 is 5.63 Å². The van der Waals surface area contributed by atoms with Gasteiger partial charge in [-0.1, -0.05) is 0 Å². The molecule has 3 aliphatic heterocycles. The molecule has 0 saturated carbocycles. The Bertz CT molecular complexity index is 741. The van der Waals surface area contributed by atoms with Crippen molar-refractivity contribution < 1.29 is 13.9 Å². The van der Waals surface area contributed by atoms with E-state index in [0.29, 0.717) is 18.8 Å². The Labute approximate surface area is 172 Å². The van der Waals surface area contributed by atoms with Crippen molar-refractivity contribution in [2.24, 2.45) is 0 Å². The molecule has 1 spiro atoms. The topological polar surface area (TPSA) is 71.8 Å². The van der Waals surface area contributed by atoms with Crippen molar-refractivity contribution in [1.29, 1.82) is 0 Å². The minimum Gasteiger partial charge on any atom is -0.427 e. The van der Waals surface area contributed by atoms with Gasteiger partial charge in [0.1, 0.15) is 11.3 Å². The maximum absolute atomic E-state index is 13.0. The molecule has 7 heteroatoms. The van der Waals surface area contributed by atoms with E-state index < -0.39 is 5.63 Å². The summed E-state index contributed by atoms with van der Waals surface area (Å²) in [5.41, 5.74) is 0.385. The van der Waals surface area contributed by atoms with E-state index in [1.807, 2.05) is 13.0 Å². The van der Waals surface area contributed by atoms with Crippen LogP contribution in [-0.4, -0.2) is 49.2 Å². The lowest BCUT2D eigenvalue weighted by Gasteiger charge is -2.43. The van der Waals surface area contributed by atoms with Crippen LogP contribution in [-0.2, 0) is 4.74 Å². The van der Waals surface area contributed by atoms with Crippen LogP contribution in [0.5, 0.6) is 0 Å².